The molecule has 13 heterocycles. The second kappa shape index (κ2) is 61.3. The van der Waals surface area contributed by atoms with E-state index in [9.17, 15) is 39.5 Å². The summed E-state index contributed by atoms with van der Waals surface area (Å²) in [6.07, 6.45) is 7.20. The number of thiazole rings is 8. The maximum Gasteiger partial charge on any atom is 0.444 e. The minimum absolute atomic E-state index is 0. The number of rotatable bonds is 16. The molecule has 13 aromatic heterocycles. The first kappa shape index (κ1) is 119. The lowest BCUT2D eigenvalue weighted by atomic mass is 9.93. The predicted molar refractivity (Wildman–Crippen MR) is 510 cm³/mol. The maximum atomic E-state index is 12.5. The number of aryl methyl sites for hydroxylation is 16. The molecule has 0 aromatic carbocycles. The molecule has 125 heavy (non-hydrogen) atoms. The van der Waals surface area contributed by atoms with Crippen molar-refractivity contribution < 1.29 is 39.5 Å². The Bertz CT molecular complexity index is 4350. The van der Waals surface area contributed by atoms with Crippen molar-refractivity contribution in [1.82, 2.24) is 88.3 Å². The molecule has 0 atom stereocenters. The summed E-state index contributed by atoms with van der Waals surface area (Å²) >= 11 is 21.0. The Morgan fingerprint density at radius 3 is 1.25 bits per heavy atom. The average Bonchev–Trinajstić information content (AvgIpc) is 1.67. The van der Waals surface area contributed by atoms with Gasteiger partial charge in [0.15, 0.2) is 21.1 Å². The Balaban J connectivity index is 0.00000133. The molecule has 0 bridgehead atoms. The van der Waals surface area contributed by atoms with Gasteiger partial charge in [-0.1, -0.05) is 148 Å². The van der Waals surface area contributed by atoms with Crippen molar-refractivity contribution in [2.75, 3.05) is 0 Å². The second-order valence-corrected chi connectivity index (χ2v) is 39.7. The minimum Gasteiger partial charge on any atom is -0.326 e. The van der Waals surface area contributed by atoms with Crippen LogP contribution in [0.1, 0.15) is 272 Å². The van der Waals surface area contributed by atoms with Crippen LogP contribution in [0.2, 0.25) is 4.47 Å². The third-order valence-electron chi connectivity index (χ3n) is 15.1. The van der Waals surface area contributed by atoms with Gasteiger partial charge in [0.2, 0.25) is 5.01 Å². The molecule has 700 valence electrons. The molecular formula is C82H126ClF9N22S11. The monoisotopic (exact) mass is 1980 g/mol. The van der Waals surface area contributed by atoms with E-state index in [4.69, 9.17) is 34.5 Å². The standard InChI is InChI=1S/C9H15NS.C8H14N2S.C7H9F2NS.C7H12N2S.C6H6F3NS.C6H8FNS.2C6H11N3.2C6H9NS.C5H6ClNS.C5H8N2S.C4H4F3N3S.CH4/c1-5-8-10-7(6-11-8)9(2,3)4;1-5-6-9-10-7(11-6)8(2,3)4;1-3-6-10-5(4-11-6)7(2,8)9;1-5(2)7-9-6(3-8)4-10-7;1-2-5-10-4(3-11-5)6(7,8)9;1-3-5-8-4(2)6(7)9-5;1-5-3-6(4-7)8-9(5)2;1-2-9-5-6(3-7)4-8-9;1-3-6-4-8-5(2)7-6;1-3-6-4-7-5(2)8-6;1-2-4-3-7-5(6)8-4;1-3-5-6-4(2)7-8-5;5-4(6,7)3-9-2(1-8)10-11-3;/h6H,5H2,1-4H3;5H2,1-4H3;4H,3H2,1-2H3;4-5H,3,8H2,1-2H3;3H,2H2,1H3;3H2,1-2H3;3H,4,7H2,1-2H3;4-5H,2-3,7H2,1H3;2*4H,3H2,1-2H3;3H,2H2,1H3;3H2,1-2H3;1,8H2;1H4. The lowest BCUT2D eigenvalue weighted by Gasteiger charge is -2.14. The number of halogens is 10. The zero-order valence-electron chi connectivity index (χ0n) is 75.4. The third-order valence-corrected chi connectivity index (χ3v) is 26.8. The molecule has 8 N–H and O–H groups in total. The topological polar surface area (TPSA) is 320 Å². The molecule has 0 saturated carbocycles. The summed E-state index contributed by atoms with van der Waals surface area (Å²) in [5, 5.41) is 34.3. The van der Waals surface area contributed by atoms with Gasteiger partial charge in [-0.15, -0.1) is 101 Å². The van der Waals surface area contributed by atoms with E-state index in [1.54, 1.807) is 88.1 Å². The summed E-state index contributed by atoms with van der Waals surface area (Å²) in [4.78, 5) is 42.1. The molecule has 0 aliphatic carbocycles. The Labute approximate surface area is 782 Å². The van der Waals surface area contributed by atoms with E-state index >= 15 is 0 Å². The van der Waals surface area contributed by atoms with Gasteiger partial charge in [0.25, 0.3) is 5.92 Å². The number of hydrogen-bond donors (Lipinski definition) is 4. The highest BCUT2D eigenvalue weighted by atomic mass is 35.5. The molecule has 0 aliphatic rings. The van der Waals surface area contributed by atoms with Gasteiger partial charge in [-0.05, 0) is 128 Å². The predicted octanol–water partition coefficient (Wildman–Crippen LogP) is 24.8. The fraction of sp³-hybridized carbons (Fsp3) is 0.561. The molecule has 22 nitrogen and oxygen atoms in total. The molecule has 13 aromatic rings. The van der Waals surface area contributed by atoms with E-state index in [2.05, 4.69) is 187 Å². The van der Waals surface area contributed by atoms with Crippen LogP contribution in [0.3, 0.4) is 0 Å². The average molecular weight is 1980 g/mol. The molecule has 43 heteroatoms. The fourth-order valence-electron chi connectivity index (χ4n) is 8.00. The minimum atomic E-state index is -4.40. The molecule has 0 saturated heterocycles. The fourth-order valence-corrected chi connectivity index (χ4v) is 16.4. The Kier molecular flexibility index (Phi) is 58.1. The largest absolute Gasteiger partial charge is 0.444 e. The zero-order valence-corrected chi connectivity index (χ0v) is 85.1. The van der Waals surface area contributed by atoms with E-state index in [0.717, 1.165) is 146 Å². The van der Waals surface area contributed by atoms with E-state index in [-0.39, 0.29) is 41.5 Å². The van der Waals surface area contributed by atoms with Crippen molar-refractivity contribution in [3.05, 3.63) is 195 Å². The van der Waals surface area contributed by atoms with Gasteiger partial charge in [0.05, 0.1) is 76.3 Å². The maximum absolute atomic E-state index is 12.5. The molecule has 13 rings (SSSR count). The highest BCUT2D eigenvalue weighted by molar-refractivity contribution is 7.15. The Hall–Kier alpha value is -6.36. The quantitative estimate of drug-likeness (QED) is 0.0653. The molecule has 0 radical (unpaired) electrons. The highest BCUT2D eigenvalue weighted by Gasteiger charge is 2.36. The molecular weight excluding hydrogens is 1850 g/mol. The molecule has 0 unspecified atom stereocenters. The van der Waals surface area contributed by atoms with E-state index < -0.39 is 29.0 Å². The summed E-state index contributed by atoms with van der Waals surface area (Å²) < 4.78 is 120. The number of aromatic nitrogens is 18. The van der Waals surface area contributed by atoms with Crippen molar-refractivity contribution >= 4 is 137 Å². The molecule has 0 spiro atoms. The molecule has 0 amide bonds. The van der Waals surface area contributed by atoms with Crippen LogP contribution >= 0.6 is 137 Å². The Morgan fingerprint density at radius 2 is 1.00 bits per heavy atom. The van der Waals surface area contributed by atoms with Crippen molar-refractivity contribution in [1.29, 1.82) is 0 Å². The summed E-state index contributed by atoms with van der Waals surface area (Å²) in [6.45, 7) is 50.8. The first-order valence-corrected chi connectivity index (χ1v) is 49.3. The smallest absolute Gasteiger partial charge is 0.326 e. The summed E-state index contributed by atoms with van der Waals surface area (Å²) in [6, 6.07) is 1.99. The summed E-state index contributed by atoms with van der Waals surface area (Å²) in [7, 11) is 1.91. The van der Waals surface area contributed by atoms with Crippen LogP contribution in [0, 0.1) is 39.7 Å². The number of nitrogens with zero attached hydrogens (tertiary/aromatic N) is 18. The van der Waals surface area contributed by atoms with Crippen LogP contribution in [0.4, 0.5) is 39.5 Å². The summed E-state index contributed by atoms with van der Waals surface area (Å²) in [5.41, 5.74) is 27.8. The number of hydrogen-bond acceptors (Lipinski definition) is 31. The second-order valence-electron chi connectivity index (χ2n) is 28.2. The van der Waals surface area contributed by atoms with Crippen LogP contribution in [-0.2, 0) is 127 Å². The van der Waals surface area contributed by atoms with Crippen LogP contribution in [0.15, 0.2) is 57.8 Å². The summed E-state index contributed by atoms with van der Waals surface area (Å²) in [5.74, 6) is -1.33. The highest BCUT2D eigenvalue weighted by Crippen LogP contribution is 2.33. The zero-order chi connectivity index (χ0) is 94.3. The SMILES string of the molecule is C.CC(C)c1nc(CN)cs1.CCc1cnc(C)s1.CCc1cnc(Cl)s1.CCc1csc(C)n1.CCc1nc(C(C)(C)C)cs1.CCc1nc(C(C)(F)F)cs1.CCc1nc(C(F)(F)F)cs1.CCc1nc(C)c(F)s1.CCc1nc(C)ns1.CCc1nnc(C(C)(C)C)s1.CCn1cc(CN)cn1.Cc1cc(CN)nn1C.NCc1nsc(C(F)(F)F)n1. The van der Waals surface area contributed by atoms with Crippen molar-refractivity contribution in [2.24, 2.45) is 30.0 Å². The van der Waals surface area contributed by atoms with Gasteiger partial charge in [-0.3, -0.25) is 9.36 Å². The van der Waals surface area contributed by atoms with Gasteiger partial charge < -0.3 is 22.9 Å². The van der Waals surface area contributed by atoms with Gasteiger partial charge in [0.1, 0.15) is 26.5 Å². The molecule has 0 fully saturated rings. The third kappa shape index (κ3) is 49.3. The first-order valence-electron chi connectivity index (χ1n) is 39.7. The van der Waals surface area contributed by atoms with Gasteiger partial charge >= 0.3 is 12.4 Å². The normalized spacial score (nSPS) is 10.8. The van der Waals surface area contributed by atoms with Crippen LogP contribution in [0.5, 0.6) is 0 Å². The van der Waals surface area contributed by atoms with Crippen LogP contribution < -0.4 is 22.9 Å². The van der Waals surface area contributed by atoms with Crippen molar-refractivity contribution in [3.8, 4) is 0 Å². The first-order chi connectivity index (χ1) is 58.1. The van der Waals surface area contributed by atoms with Crippen LogP contribution in [-0.4, -0.2) is 88.3 Å². The Morgan fingerprint density at radius 1 is 0.464 bits per heavy atom. The molecule has 0 aliphatic heterocycles. The lowest BCUT2D eigenvalue weighted by molar-refractivity contribution is -0.141. The van der Waals surface area contributed by atoms with Crippen molar-refractivity contribution in [2.45, 2.75) is 299 Å². The number of nitrogens with two attached hydrogens (primary N) is 4. The van der Waals surface area contributed by atoms with Gasteiger partial charge in [0, 0.05) is 123 Å². The van der Waals surface area contributed by atoms with E-state index in [1.165, 1.54) is 69.4 Å². The van der Waals surface area contributed by atoms with Gasteiger partial charge in [-0.25, -0.2) is 49.8 Å². The van der Waals surface area contributed by atoms with Gasteiger partial charge in [-0.2, -0.15) is 58.5 Å². The van der Waals surface area contributed by atoms with E-state index in [1.807, 2.05) is 94.9 Å². The van der Waals surface area contributed by atoms with Crippen LogP contribution in [0.25, 0.3) is 0 Å². The number of alkyl halides is 8. The lowest BCUT2D eigenvalue weighted by Crippen LogP contribution is -2.11. The van der Waals surface area contributed by atoms with E-state index in [0.29, 0.717) is 58.7 Å². The van der Waals surface area contributed by atoms with Crippen molar-refractivity contribution in [3.63, 3.8) is 0 Å².